The summed E-state index contributed by atoms with van der Waals surface area (Å²) >= 11 is 0. The summed E-state index contributed by atoms with van der Waals surface area (Å²) in [4.78, 5) is 26.3. The Balaban J connectivity index is 0.00000552. The molecule has 0 radical (unpaired) electrons. The van der Waals surface area contributed by atoms with Crippen molar-refractivity contribution < 1.29 is 61.9 Å². The van der Waals surface area contributed by atoms with E-state index in [4.69, 9.17) is 23.7 Å². The first-order chi connectivity index (χ1) is 21.3. The number of nitro groups is 1. The molecule has 45 heavy (non-hydrogen) atoms. The molecule has 0 bridgehead atoms. The summed E-state index contributed by atoms with van der Waals surface area (Å²) < 4.78 is 29.9. The maximum Gasteiger partial charge on any atom is 1.00 e. The van der Waals surface area contributed by atoms with Crippen LogP contribution in [0.5, 0.6) is 5.75 Å². The van der Waals surface area contributed by atoms with E-state index in [1.165, 1.54) is 18.2 Å². The number of carbonyl (C=O) groups is 1. The number of non-ortho nitro benzene ring substituents is 1. The third-order valence-corrected chi connectivity index (χ3v) is 7.57. The fourth-order valence-electron chi connectivity index (χ4n) is 5.19. The number of nitrogens with zero attached hydrogens (tertiary/aromatic N) is 3. The van der Waals surface area contributed by atoms with Gasteiger partial charge < -0.3 is 33.7 Å². The summed E-state index contributed by atoms with van der Waals surface area (Å²) in [6.45, 7) is 9.13. The molecule has 0 atom stereocenters. The zero-order chi connectivity index (χ0) is 31.4. The van der Waals surface area contributed by atoms with Gasteiger partial charge in [0, 0.05) is 42.9 Å². The summed E-state index contributed by atoms with van der Waals surface area (Å²) in [5.41, 5.74) is 2.26. The van der Waals surface area contributed by atoms with Crippen molar-refractivity contribution in [2.24, 2.45) is 0 Å². The van der Waals surface area contributed by atoms with Crippen LogP contribution < -0.4 is 24.0 Å². The van der Waals surface area contributed by atoms with Gasteiger partial charge in [0.2, 0.25) is 12.2 Å². The number of hydrogen-bond acceptors (Lipinski definition) is 9. The first kappa shape index (κ1) is 36.4. The summed E-state index contributed by atoms with van der Waals surface area (Å²) in [7, 11) is 0. The van der Waals surface area contributed by atoms with Gasteiger partial charge in [0.25, 0.3) is 11.6 Å². The molecule has 2 aliphatic heterocycles. The Morgan fingerprint density at radius 2 is 1.40 bits per heavy atom. The maximum absolute atomic E-state index is 13.8. The number of amides is 1. The van der Waals surface area contributed by atoms with Crippen molar-refractivity contribution in [3.63, 3.8) is 0 Å². The zero-order valence-electron chi connectivity index (χ0n) is 26.4. The Labute approximate surface area is 275 Å². The van der Waals surface area contributed by atoms with Crippen LogP contribution in [0.3, 0.4) is 0 Å². The molecule has 1 saturated heterocycles. The number of rotatable bonds is 5. The Morgan fingerprint density at radius 3 is 1.96 bits per heavy atom. The van der Waals surface area contributed by atoms with E-state index in [2.05, 4.69) is 13.8 Å². The molecule has 2 heterocycles. The van der Waals surface area contributed by atoms with Gasteiger partial charge in [-0.15, -0.1) is 5.75 Å². The van der Waals surface area contributed by atoms with Crippen LogP contribution in [0, 0.1) is 10.1 Å². The third kappa shape index (κ3) is 10.2. The minimum atomic E-state index is -0.529. The average molecular weight is 619 g/mol. The van der Waals surface area contributed by atoms with Crippen LogP contribution in [-0.2, 0) is 33.9 Å². The number of allylic oxidation sites excluding steroid dienone is 1. The van der Waals surface area contributed by atoms with Gasteiger partial charge in [-0.3, -0.25) is 14.9 Å². The Bertz CT molecular complexity index is 1330. The minimum Gasteiger partial charge on any atom is -0.872 e. The summed E-state index contributed by atoms with van der Waals surface area (Å²) in [6.07, 6.45) is 3.37. The molecular weight excluding hydrogens is 577 g/mol. The Morgan fingerprint density at radius 1 is 0.867 bits per heavy atom. The van der Waals surface area contributed by atoms with Crippen molar-refractivity contribution in [3.8, 4) is 5.75 Å². The Kier molecular flexibility index (Phi) is 14.7. The molecule has 1 amide bonds. The number of para-hydroxylation sites is 1. The number of carbonyl (C=O) groups excluding carboxylic acids is 1. The summed E-state index contributed by atoms with van der Waals surface area (Å²) in [6, 6.07) is 11.5. The molecule has 238 valence electrons. The van der Waals surface area contributed by atoms with Gasteiger partial charge >= 0.3 is 18.9 Å². The molecule has 2 aromatic rings. The average Bonchev–Trinajstić information content (AvgIpc) is 3.21. The van der Waals surface area contributed by atoms with Gasteiger partial charge in [0.15, 0.2) is 5.71 Å². The molecule has 0 spiro atoms. The summed E-state index contributed by atoms with van der Waals surface area (Å²) in [5, 5.41) is 23.8. The van der Waals surface area contributed by atoms with Gasteiger partial charge in [-0.25, -0.2) is 0 Å². The fraction of sp³-hybridized carbons (Fsp3) is 0.500. The van der Waals surface area contributed by atoms with Crippen molar-refractivity contribution in [2.45, 2.75) is 19.3 Å². The van der Waals surface area contributed by atoms with E-state index in [0.29, 0.717) is 79.2 Å². The minimum absolute atomic E-state index is 0. The van der Waals surface area contributed by atoms with Crippen molar-refractivity contribution >= 4 is 29.1 Å². The molecular formula is C32H41LiN3O9+. The second-order valence-corrected chi connectivity index (χ2v) is 10.9. The predicted octanol–water partition coefficient (Wildman–Crippen LogP) is -0.313. The zero-order valence-corrected chi connectivity index (χ0v) is 26.4. The first-order valence-corrected chi connectivity index (χ1v) is 14.8. The quantitative estimate of drug-likeness (QED) is 0.191. The molecule has 0 N–H and O–H groups in total. The molecule has 0 saturated carbocycles. The fourth-order valence-corrected chi connectivity index (χ4v) is 5.19. The van der Waals surface area contributed by atoms with Gasteiger partial charge in [-0.1, -0.05) is 24.3 Å². The standard InChI is InChI=1S/C32H41N3O9.Li/c1-32(2)27-5-3-4-6-28(27)34(30(32)10-7-25-23-26(35(38)39)8-9-29(25)36)24-31(37)33-11-13-40-15-17-42-19-21-44-22-20-43-18-16-41-14-12-33;/h3-10,23H,11-22,24H2,1-2H3;/q;+1. The maximum atomic E-state index is 13.8. The molecule has 1 fully saturated rings. The second-order valence-electron chi connectivity index (χ2n) is 10.9. The van der Waals surface area contributed by atoms with E-state index in [1.54, 1.807) is 17.1 Å². The number of nitro benzene ring substituents is 1. The first-order valence-electron chi connectivity index (χ1n) is 14.8. The van der Waals surface area contributed by atoms with Crippen molar-refractivity contribution in [1.29, 1.82) is 0 Å². The number of fused-ring (bicyclic) bond motifs is 1. The van der Waals surface area contributed by atoms with E-state index in [1.807, 2.05) is 28.8 Å². The van der Waals surface area contributed by atoms with Crippen molar-refractivity contribution in [3.05, 3.63) is 69.8 Å². The van der Waals surface area contributed by atoms with E-state index in [0.717, 1.165) is 17.0 Å². The molecule has 2 aromatic carbocycles. The number of hydrogen-bond donors (Lipinski definition) is 0. The van der Waals surface area contributed by atoms with Crippen LogP contribution in [0.4, 0.5) is 11.4 Å². The van der Waals surface area contributed by atoms with E-state index in [9.17, 15) is 20.0 Å². The molecule has 2 aliphatic rings. The van der Waals surface area contributed by atoms with Crippen LogP contribution in [0.2, 0.25) is 0 Å². The predicted molar refractivity (Wildman–Crippen MR) is 162 cm³/mol. The topological polar surface area (TPSA) is 136 Å². The van der Waals surface area contributed by atoms with Crippen LogP contribution in [0.25, 0.3) is 6.08 Å². The van der Waals surface area contributed by atoms with Crippen molar-refractivity contribution in [2.75, 3.05) is 85.7 Å². The van der Waals surface area contributed by atoms with E-state index in [-0.39, 0.29) is 48.3 Å². The van der Waals surface area contributed by atoms with Crippen LogP contribution in [0.1, 0.15) is 25.0 Å². The molecule has 12 nitrogen and oxygen atoms in total. The molecule has 4 rings (SSSR count). The van der Waals surface area contributed by atoms with E-state index >= 15 is 0 Å². The largest absolute Gasteiger partial charge is 1.00 e. The van der Waals surface area contributed by atoms with Crippen LogP contribution >= 0.6 is 0 Å². The third-order valence-electron chi connectivity index (χ3n) is 7.57. The molecule has 13 heteroatoms. The van der Waals surface area contributed by atoms with Gasteiger partial charge in [0.05, 0.1) is 76.4 Å². The number of benzene rings is 2. The smallest absolute Gasteiger partial charge is 0.872 e. The van der Waals surface area contributed by atoms with Gasteiger partial charge in [-0.05, 0) is 25.5 Å². The van der Waals surface area contributed by atoms with Gasteiger partial charge in [0.1, 0.15) is 0 Å². The Hall–Kier alpha value is -3.08. The van der Waals surface area contributed by atoms with Crippen molar-refractivity contribution in [1.82, 2.24) is 4.90 Å². The second kappa shape index (κ2) is 18.2. The monoisotopic (exact) mass is 618 g/mol. The number of ether oxygens (including phenoxy) is 5. The molecule has 0 unspecified atom stereocenters. The van der Waals surface area contributed by atoms with Crippen LogP contribution in [-0.4, -0.2) is 112 Å². The normalized spacial score (nSPS) is 18.9. The van der Waals surface area contributed by atoms with Gasteiger partial charge in [-0.2, -0.15) is 4.58 Å². The van der Waals surface area contributed by atoms with E-state index < -0.39 is 10.3 Å². The SMILES string of the molecule is CC1(C)C(/C=C/c2cc([N+](=O)[O-])ccc2[O-])=[N+](CC(=O)N2CCOCCOCCOCCOCCOCC2)c2ccccc21.[Li+]. The summed E-state index contributed by atoms with van der Waals surface area (Å²) in [5.74, 6) is -0.439. The molecule has 0 aliphatic carbocycles. The van der Waals surface area contributed by atoms with Crippen LogP contribution in [0.15, 0.2) is 48.5 Å². The molecule has 0 aromatic heterocycles.